The molecule has 0 aliphatic rings. The van der Waals surface area contributed by atoms with Crippen LogP contribution < -0.4 is 15.4 Å². The summed E-state index contributed by atoms with van der Waals surface area (Å²) in [5.74, 6) is -0.168. The fraction of sp³-hybridized carbons (Fsp3) is 0.588. The van der Waals surface area contributed by atoms with Gasteiger partial charge in [0.25, 0.3) is 0 Å². The average Bonchev–Trinajstić information content (AvgIpc) is 2.35. The van der Waals surface area contributed by atoms with E-state index in [9.17, 15) is 9.18 Å². The molecule has 130 valence electrons. The summed E-state index contributed by atoms with van der Waals surface area (Å²) >= 11 is 0. The van der Waals surface area contributed by atoms with Gasteiger partial charge in [-0.15, -0.1) is 0 Å². The van der Waals surface area contributed by atoms with E-state index in [2.05, 4.69) is 10.6 Å². The third kappa shape index (κ3) is 7.32. The molecule has 1 aromatic carbocycles. The van der Waals surface area contributed by atoms with Crippen molar-refractivity contribution in [3.8, 4) is 5.75 Å². The minimum absolute atomic E-state index is 0.223. The number of alkyl carbamates (subject to hydrolysis) is 1. The van der Waals surface area contributed by atoms with E-state index in [1.807, 2.05) is 34.6 Å². The van der Waals surface area contributed by atoms with Gasteiger partial charge in [0.05, 0.1) is 12.6 Å². The normalized spacial score (nSPS) is 12.0. The molecule has 0 heterocycles. The first-order chi connectivity index (χ1) is 10.5. The molecule has 0 aliphatic heterocycles. The van der Waals surface area contributed by atoms with Crippen molar-refractivity contribution in [3.63, 3.8) is 0 Å². The van der Waals surface area contributed by atoms with Crippen molar-refractivity contribution in [2.24, 2.45) is 0 Å². The van der Waals surface area contributed by atoms with E-state index < -0.39 is 23.1 Å². The first-order valence-electron chi connectivity index (χ1n) is 7.57. The second kappa shape index (κ2) is 7.64. The lowest BCUT2D eigenvalue weighted by molar-refractivity contribution is 0.0472. The van der Waals surface area contributed by atoms with E-state index >= 15 is 0 Å². The number of hydrogen-bond acceptors (Lipinski definition) is 4. The second-order valence-electron chi connectivity index (χ2n) is 7.08. The van der Waals surface area contributed by atoms with Crippen LogP contribution in [0.25, 0.3) is 0 Å². The Morgan fingerprint density at radius 1 is 1.22 bits per heavy atom. The van der Waals surface area contributed by atoms with Gasteiger partial charge in [0.1, 0.15) is 5.60 Å². The average molecular weight is 326 g/mol. The van der Waals surface area contributed by atoms with Crippen molar-refractivity contribution in [2.45, 2.75) is 52.3 Å². The first kappa shape index (κ1) is 19.2. The number of methoxy groups -OCH3 is 1. The Morgan fingerprint density at radius 3 is 2.39 bits per heavy atom. The van der Waals surface area contributed by atoms with Crippen molar-refractivity contribution in [3.05, 3.63) is 29.6 Å². The van der Waals surface area contributed by atoms with Crippen molar-refractivity contribution >= 4 is 6.09 Å². The number of ether oxygens (including phenoxy) is 2. The molecule has 5 nitrogen and oxygen atoms in total. The number of nitrogens with one attached hydrogen (secondary N) is 2. The molecule has 0 aromatic heterocycles. The Kier molecular flexibility index (Phi) is 6.38. The molecule has 1 amide bonds. The predicted octanol–water partition coefficient (Wildman–Crippen LogP) is 3.23. The molecule has 0 aliphatic carbocycles. The molecule has 0 spiro atoms. The smallest absolute Gasteiger partial charge is 0.408 e. The molecule has 0 fully saturated rings. The zero-order chi connectivity index (χ0) is 17.7. The molecule has 0 bridgehead atoms. The standard InChI is InChI=1S/C17H27FN2O3/c1-16(2,3)23-15(21)20-17(4,5)11-19-10-12-7-8-14(22-6)13(18)9-12/h7-9,19H,10-11H2,1-6H3,(H,20,21). The van der Waals surface area contributed by atoms with Crippen LogP contribution in [-0.4, -0.2) is 30.9 Å². The van der Waals surface area contributed by atoms with Gasteiger partial charge >= 0.3 is 6.09 Å². The van der Waals surface area contributed by atoms with Gasteiger partial charge < -0.3 is 20.1 Å². The van der Waals surface area contributed by atoms with Gasteiger partial charge in [-0.2, -0.15) is 0 Å². The van der Waals surface area contributed by atoms with E-state index in [4.69, 9.17) is 9.47 Å². The molecule has 0 saturated heterocycles. The molecule has 23 heavy (non-hydrogen) atoms. The fourth-order valence-electron chi connectivity index (χ4n) is 1.96. The lowest BCUT2D eigenvalue weighted by Crippen LogP contribution is -2.51. The molecule has 1 rings (SSSR count). The highest BCUT2D eigenvalue weighted by atomic mass is 19.1. The lowest BCUT2D eigenvalue weighted by Gasteiger charge is -2.29. The topological polar surface area (TPSA) is 59.6 Å². The summed E-state index contributed by atoms with van der Waals surface area (Å²) in [6.07, 6.45) is -0.459. The zero-order valence-corrected chi connectivity index (χ0v) is 14.7. The molecular weight excluding hydrogens is 299 g/mol. The number of amides is 1. The zero-order valence-electron chi connectivity index (χ0n) is 14.7. The second-order valence-corrected chi connectivity index (χ2v) is 7.08. The van der Waals surface area contributed by atoms with E-state index in [1.165, 1.54) is 13.2 Å². The summed E-state index contributed by atoms with van der Waals surface area (Å²) in [5, 5.41) is 6.01. The van der Waals surface area contributed by atoms with E-state index in [-0.39, 0.29) is 5.75 Å². The summed E-state index contributed by atoms with van der Waals surface area (Å²) in [5.41, 5.74) is -0.224. The van der Waals surface area contributed by atoms with E-state index in [1.54, 1.807) is 12.1 Å². The van der Waals surface area contributed by atoms with Crippen LogP contribution in [-0.2, 0) is 11.3 Å². The van der Waals surface area contributed by atoms with Crippen LogP contribution in [0, 0.1) is 5.82 Å². The van der Waals surface area contributed by atoms with Gasteiger partial charge in [-0.25, -0.2) is 9.18 Å². The SMILES string of the molecule is COc1ccc(CNCC(C)(C)NC(=O)OC(C)(C)C)cc1F. The summed E-state index contributed by atoms with van der Waals surface area (Å²) in [6, 6.07) is 4.82. The quantitative estimate of drug-likeness (QED) is 0.842. The number of rotatable bonds is 6. The minimum Gasteiger partial charge on any atom is -0.494 e. The summed E-state index contributed by atoms with van der Waals surface area (Å²) < 4.78 is 23.7. The first-order valence-corrected chi connectivity index (χ1v) is 7.57. The molecule has 1 aromatic rings. The van der Waals surface area contributed by atoms with E-state index in [0.29, 0.717) is 13.1 Å². The number of hydrogen-bond donors (Lipinski definition) is 2. The van der Waals surface area contributed by atoms with Gasteiger partial charge in [-0.1, -0.05) is 6.07 Å². The van der Waals surface area contributed by atoms with Crippen LogP contribution in [0.3, 0.4) is 0 Å². The van der Waals surface area contributed by atoms with Crippen molar-refractivity contribution < 1.29 is 18.7 Å². The Bertz CT molecular complexity index is 539. The maximum absolute atomic E-state index is 13.6. The molecule has 0 saturated carbocycles. The minimum atomic E-state index is -0.534. The van der Waals surface area contributed by atoms with Crippen molar-refractivity contribution in [2.75, 3.05) is 13.7 Å². The van der Waals surface area contributed by atoms with E-state index in [0.717, 1.165) is 5.56 Å². The molecule has 0 radical (unpaired) electrons. The van der Waals surface area contributed by atoms with Gasteiger partial charge in [0, 0.05) is 13.1 Å². The number of benzene rings is 1. The maximum Gasteiger partial charge on any atom is 0.408 e. The van der Waals surface area contributed by atoms with Crippen LogP contribution in [0.1, 0.15) is 40.2 Å². The highest BCUT2D eigenvalue weighted by Crippen LogP contribution is 2.17. The number of carbonyl (C=O) groups excluding carboxylic acids is 1. The monoisotopic (exact) mass is 326 g/mol. The predicted molar refractivity (Wildman–Crippen MR) is 88.1 cm³/mol. The highest BCUT2D eigenvalue weighted by Gasteiger charge is 2.24. The molecular formula is C17H27FN2O3. The molecule has 0 atom stereocenters. The Labute approximate surface area is 137 Å². The van der Waals surface area contributed by atoms with Crippen LogP contribution in [0.5, 0.6) is 5.75 Å². The van der Waals surface area contributed by atoms with Gasteiger partial charge in [-0.3, -0.25) is 0 Å². The van der Waals surface area contributed by atoms with Crippen LogP contribution in [0.15, 0.2) is 18.2 Å². The van der Waals surface area contributed by atoms with Gasteiger partial charge in [0.2, 0.25) is 0 Å². The van der Waals surface area contributed by atoms with Crippen LogP contribution in [0.2, 0.25) is 0 Å². The fourth-order valence-corrected chi connectivity index (χ4v) is 1.96. The van der Waals surface area contributed by atoms with Gasteiger partial charge in [0.15, 0.2) is 11.6 Å². The Balaban J connectivity index is 2.47. The highest BCUT2D eigenvalue weighted by molar-refractivity contribution is 5.68. The molecule has 2 N–H and O–H groups in total. The lowest BCUT2D eigenvalue weighted by atomic mass is 10.1. The maximum atomic E-state index is 13.6. The summed E-state index contributed by atoms with van der Waals surface area (Å²) in [6.45, 7) is 10.2. The Morgan fingerprint density at radius 2 is 1.87 bits per heavy atom. The van der Waals surface area contributed by atoms with Gasteiger partial charge in [-0.05, 0) is 52.3 Å². The third-order valence-corrected chi connectivity index (χ3v) is 2.95. The Hall–Kier alpha value is -1.82. The molecule has 6 heteroatoms. The largest absolute Gasteiger partial charge is 0.494 e. The number of halogens is 1. The number of carbonyl (C=O) groups is 1. The summed E-state index contributed by atoms with van der Waals surface area (Å²) in [7, 11) is 1.43. The van der Waals surface area contributed by atoms with Crippen molar-refractivity contribution in [1.29, 1.82) is 0 Å². The van der Waals surface area contributed by atoms with Crippen LogP contribution in [0.4, 0.5) is 9.18 Å². The van der Waals surface area contributed by atoms with Crippen LogP contribution >= 0.6 is 0 Å². The third-order valence-electron chi connectivity index (χ3n) is 2.95. The molecule has 0 unspecified atom stereocenters. The van der Waals surface area contributed by atoms with Crippen molar-refractivity contribution in [1.82, 2.24) is 10.6 Å². The summed E-state index contributed by atoms with van der Waals surface area (Å²) in [4.78, 5) is 11.8.